The molecule has 0 radical (unpaired) electrons. The van der Waals surface area contributed by atoms with Crippen LogP contribution in [0.3, 0.4) is 0 Å². The van der Waals surface area contributed by atoms with Gasteiger partial charge in [-0.1, -0.05) is 59.1 Å². The summed E-state index contributed by atoms with van der Waals surface area (Å²) in [6.45, 7) is 12.7. The van der Waals surface area contributed by atoms with Gasteiger partial charge in [-0.25, -0.2) is 4.79 Å². The number of carbonyl (C=O) groups excluding carboxylic acids is 2. The Labute approximate surface area is 240 Å². The molecule has 0 aromatic heterocycles. The molecule has 8 heteroatoms. The Balaban J connectivity index is 2.37. The van der Waals surface area contributed by atoms with Gasteiger partial charge in [0, 0.05) is 42.4 Å². The van der Waals surface area contributed by atoms with E-state index in [1.54, 1.807) is 21.3 Å². The van der Waals surface area contributed by atoms with E-state index in [1.165, 1.54) is 0 Å². The number of urea groups is 1. The molecular formula is C32H49N3O5. The van der Waals surface area contributed by atoms with Gasteiger partial charge in [-0.15, -0.1) is 0 Å². The van der Waals surface area contributed by atoms with Crippen molar-refractivity contribution < 1.29 is 23.8 Å². The minimum atomic E-state index is -0.224. The van der Waals surface area contributed by atoms with E-state index in [1.807, 2.05) is 44.2 Å². The number of benzene rings is 2. The molecule has 2 aromatic rings. The number of hydrogen-bond acceptors (Lipinski definition) is 5. The summed E-state index contributed by atoms with van der Waals surface area (Å²) in [6.07, 6.45) is 4.24. The first-order valence-electron chi connectivity index (χ1n) is 14.2. The average molecular weight is 556 g/mol. The van der Waals surface area contributed by atoms with Crippen LogP contribution in [-0.4, -0.2) is 39.3 Å². The molecule has 0 bridgehead atoms. The lowest BCUT2D eigenvalue weighted by atomic mass is 9.84. The molecule has 2 rings (SSSR count). The van der Waals surface area contributed by atoms with Crippen molar-refractivity contribution in [2.24, 2.45) is 0 Å². The predicted molar refractivity (Wildman–Crippen MR) is 162 cm³/mol. The number of carbonyl (C=O) groups is 2. The lowest BCUT2D eigenvalue weighted by molar-refractivity contribution is -0.116. The van der Waals surface area contributed by atoms with Crippen molar-refractivity contribution in [2.45, 2.75) is 97.6 Å². The number of ether oxygens (including phenoxy) is 3. The zero-order chi connectivity index (χ0) is 29.9. The minimum absolute atomic E-state index is 0.0475. The third-order valence-corrected chi connectivity index (χ3v) is 6.79. The van der Waals surface area contributed by atoms with Crippen molar-refractivity contribution in [3.05, 3.63) is 47.0 Å². The van der Waals surface area contributed by atoms with E-state index >= 15 is 0 Å². The van der Waals surface area contributed by atoms with Crippen molar-refractivity contribution in [1.82, 2.24) is 10.6 Å². The topological polar surface area (TPSA) is 97.9 Å². The van der Waals surface area contributed by atoms with E-state index in [9.17, 15) is 9.59 Å². The van der Waals surface area contributed by atoms with Crippen LogP contribution in [0.2, 0.25) is 0 Å². The highest BCUT2D eigenvalue weighted by Gasteiger charge is 2.26. The molecule has 8 nitrogen and oxygen atoms in total. The summed E-state index contributed by atoms with van der Waals surface area (Å²) in [5.74, 6) is 1.73. The average Bonchev–Trinajstić information content (AvgIpc) is 2.89. The molecule has 0 heterocycles. The van der Waals surface area contributed by atoms with Crippen LogP contribution < -0.4 is 30.2 Å². The zero-order valence-electron chi connectivity index (χ0n) is 25.8. The third kappa shape index (κ3) is 9.65. The van der Waals surface area contributed by atoms with Crippen LogP contribution >= 0.6 is 0 Å². The first kappa shape index (κ1) is 32.8. The van der Waals surface area contributed by atoms with E-state index in [2.05, 4.69) is 43.6 Å². The molecule has 0 saturated carbocycles. The lowest BCUT2D eigenvalue weighted by Crippen LogP contribution is -2.39. The highest BCUT2D eigenvalue weighted by atomic mass is 16.5. The molecule has 3 N–H and O–H groups in total. The number of rotatable bonds is 14. The predicted octanol–water partition coefficient (Wildman–Crippen LogP) is 6.91. The molecule has 0 saturated heterocycles. The van der Waals surface area contributed by atoms with Gasteiger partial charge in [-0.3, -0.25) is 4.79 Å². The summed E-state index contributed by atoms with van der Waals surface area (Å²) < 4.78 is 16.9. The van der Waals surface area contributed by atoms with Gasteiger partial charge in [-0.2, -0.15) is 0 Å². The Morgan fingerprint density at radius 2 is 1.57 bits per heavy atom. The summed E-state index contributed by atoms with van der Waals surface area (Å²) in [5.41, 5.74) is 3.37. The number of methoxy groups -OCH3 is 3. The van der Waals surface area contributed by atoms with Crippen molar-refractivity contribution in [1.29, 1.82) is 0 Å². The normalized spacial score (nSPS) is 12.1. The van der Waals surface area contributed by atoms with Gasteiger partial charge in [0.2, 0.25) is 5.91 Å². The van der Waals surface area contributed by atoms with Gasteiger partial charge < -0.3 is 30.2 Å². The molecule has 3 amide bonds. The summed E-state index contributed by atoms with van der Waals surface area (Å²) >= 11 is 0. The van der Waals surface area contributed by atoms with Gasteiger partial charge in [0.05, 0.1) is 21.3 Å². The maximum atomic E-state index is 13.6. The molecule has 0 fully saturated rings. The van der Waals surface area contributed by atoms with Crippen LogP contribution in [0.25, 0.3) is 0 Å². The number of nitrogens with one attached hydrogen (secondary N) is 3. The van der Waals surface area contributed by atoms with E-state index in [-0.39, 0.29) is 35.7 Å². The van der Waals surface area contributed by atoms with Crippen LogP contribution in [0.4, 0.5) is 10.5 Å². The van der Waals surface area contributed by atoms with Crippen molar-refractivity contribution >= 4 is 17.6 Å². The standard InChI is InChI=1S/C32H49N3O5/c1-10-11-12-13-23(30-27(39-8)18-24(38-7)19-28(30)40-9)17-29(36)35-26-16-22(14-15-25(26)32(4,5)6)20-33-31(37)34-21(2)3/h14-16,18-19,21,23H,10-13,17,20H2,1-9H3,(H,35,36)(H2,33,34,37). The fourth-order valence-corrected chi connectivity index (χ4v) is 4.80. The second-order valence-electron chi connectivity index (χ2n) is 11.5. The fourth-order valence-electron chi connectivity index (χ4n) is 4.80. The van der Waals surface area contributed by atoms with Crippen LogP contribution in [0, 0.1) is 0 Å². The first-order valence-corrected chi connectivity index (χ1v) is 14.2. The van der Waals surface area contributed by atoms with Gasteiger partial charge in [-0.05, 0) is 48.8 Å². The molecule has 0 aliphatic rings. The molecule has 0 spiro atoms. The molecule has 222 valence electrons. The monoisotopic (exact) mass is 555 g/mol. The quantitative estimate of drug-likeness (QED) is 0.220. The molecule has 0 aliphatic heterocycles. The summed E-state index contributed by atoms with van der Waals surface area (Å²) in [6, 6.07) is 9.48. The van der Waals surface area contributed by atoms with Gasteiger partial charge >= 0.3 is 6.03 Å². The third-order valence-electron chi connectivity index (χ3n) is 6.79. The number of anilines is 1. The summed E-state index contributed by atoms with van der Waals surface area (Å²) in [7, 11) is 4.85. The molecule has 0 aliphatic carbocycles. The van der Waals surface area contributed by atoms with Crippen LogP contribution in [-0.2, 0) is 16.8 Å². The van der Waals surface area contributed by atoms with Crippen LogP contribution in [0.15, 0.2) is 30.3 Å². The molecule has 2 aromatic carbocycles. The summed E-state index contributed by atoms with van der Waals surface area (Å²) in [5, 5.41) is 8.91. The smallest absolute Gasteiger partial charge is 0.315 e. The Morgan fingerprint density at radius 3 is 2.10 bits per heavy atom. The largest absolute Gasteiger partial charge is 0.496 e. The second-order valence-corrected chi connectivity index (χ2v) is 11.5. The van der Waals surface area contributed by atoms with Gasteiger partial charge in [0.1, 0.15) is 17.2 Å². The minimum Gasteiger partial charge on any atom is -0.496 e. The SMILES string of the molecule is CCCCCC(CC(=O)Nc1cc(CNC(=O)NC(C)C)ccc1C(C)(C)C)c1c(OC)cc(OC)cc1OC. The first-order chi connectivity index (χ1) is 18.9. The lowest BCUT2D eigenvalue weighted by Gasteiger charge is -2.26. The molecule has 1 atom stereocenters. The van der Waals surface area contributed by atoms with Gasteiger partial charge in [0.15, 0.2) is 0 Å². The zero-order valence-corrected chi connectivity index (χ0v) is 25.8. The van der Waals surface area contributed by atoms with Gasteiger partial charge in [0.25, 0.3) is 0 Å². The fraction of sp³-hybridized carbons (Fsp3) is 0.562. The van der Waals surface area contributed by atoms with Crippen LogP contribution in [0.5, 0.6) is 17.2 Å². The number of amides is 3. The van der Waals surface area contributed by atoms with Crippen molar-refractivity contribution in [3.8, 4) is 17.2 Å². The van der Waals surface area contributed by atoms with E-state index < -0.39 is 0 Å². The number of unbranched alkanes of at least 4 members (excludes halogenated alkanes) is 2. The van der Waals surface area contributed by atoms with Crippen LogP contribution in [0.1, 0.15) is 96.3 Å². The molecule has 40 heavy (non-hydrogen) atoms. The van der Waals surface area contributed by atoms with E-state index in [0.29, 0.717) is 23.8 Å². The number of hydrogen-bond donors (Lipinski definition) is 3. The Kier molecular flexibility index (Phi) is 12.6. The molecule has 1 unspecified atom stereocenters. The maximum absolute atomic E-state index is 13.6. The Bertz CT molecular complexity index is 1100. The van der Waals surface area contributed by atoms with E-state index in [0.717, 1.165) is 48.1 Å². The Hall–Kier alpha value is -3.42. The highest BCUT2D eigenvalue weighted by molar-refractivity contribution is 5.92. The Morgan fingerprint density at radius 1 is 0.925 bits per heavy atom. The second kappa shape index (κ2) is 15.4. The summed E-state index contributed by atoms with van der Waals surface area (Å²) in [4.78, 5) is 25.7. The van der Waals surface area contributed by atoms with Crippen molar-refractivity contribution in [2.75, 3.05) is 26.6 Å². The van der Waals surface area contributed by atoms with E-state index in [4.69, 9.17) is 14.2 Å². The molecular weight excluding hydrogens is 506 g/mol. The van der Waals surface area contributed by atoms with Crippen molar-refractivity contribution in [3.63, 3.8) is 0 Å². The highest BCUT2D eigenvalue weighted by Crippen LogP contribution is 2.43. The maximum Gasteiger partial charge on any atom is 0.315 e.